The van der Waals surface area contributed by atoms with Crippen LogP contribution in [0.3, 0.4) is 0 Å². The van der Waals surface area contributed by atoms with Crippen molar-refractivity contribution in [1.29, 1.82) is 0 Å². The standard InChI is InChI=1S/C36H36F2N2O5/c1-21-9-12-28(41)40(20-23-7-6-8-25(19-23)34(37)38)17-14-22(2)30(33(35(42)43)45-36(3,4)5)29(21)26-10-11-27-31-24(15-18-44-27)13-16-39-32(26)31/h6-14,16,19,33-34H,1,15,17-18,20H2,2-5H3,(H,42,43)/b12-9-,22-14-,30-29-/t33-/m0/s1. The van der Waals surface area contributed by atoms with E-state index in [0.29, 0.717) is 57.7 Å². The highest BCUT2D eigenvalue weighted by molar-refractivity contribution is 6.03. The molecule has 1 aromatic heterocycles. The number of hydrogen-bond acceptors (Lipinski definition) is 5. The number of alkyl halides is 2. The van der Waals surface area contributed by atoms with E-state index >= 15 is 0 Å². The van der Waals surface area contributed by atoms with Crippen LogP contribution < -0.4 is 4.74 Å². The van der Waals surface area contributed by atoms with Gasteiger partial charge in [0.25, 0.3) is 6.43 Å². The number of halogens is 2. The number of aliphatic carboxylic acids is 1. The fraction of sp³-hybridized carbons (Fsp3) is 0.306. The van der Waals surface area contributed by atoms with Crippen molar-refractivity contribution in [2.75, 3.05) is 13.2 Å². The first-order valence-corrected chi connectivity index (χ1v) is 14.7. The minimum Gasteiger partial charge on any atom is -0.493 e. The number of carbonyl (C=O) groups excluding carboxylic acids is 1. The molecule has 0 radical (unpaired) electrons. The lowest BCUT2D eigenvalue weighted by molar-refractivity contribution is -0.155. The van der Waals surface area contributed by atoms with Gasteiger partial charge in [-0.05, 0) is 85.9 Å². The lowest BCUT2D eigenvalue weighted by atomic mass is 9.84. The van der Waals surface area contributed by atoms with Crippen molar-refractivity contribution >= 4 is 28.4 Å². The molecule has 1 amide bonds. The molecule has 2 aliphatic heterocycles. The van der Waals surface area contributed by atoms with E-state index in [1.807, 2.05) is 18.2 Å². The maximum Gasteiger partial charge on any atom is 0.337 e. The Morgan fingerprint density at radius 3 is 2.67 bits per heavy atom. The molecule has 1 atom stereocenters. The van der Waals surface area contributed by atoms with Gasteiger partial charge in [-0.3, -0.25) is 9.78 Å². The highest BCUT2D eigenvalue weighted by atomic mass is 19.3. The summed E-state index contributed by atoms with van der Waals surface area (Å²) in [5.41, 5.74) is 3.74. The van der Waals surface area contributed by atoms with E-state index in [-0.39, 0.29) is 24.6 Å². The summed E-state index contributed by atoms with van der Waals surface area (Å²) >= 11 is 0. The van der Waals surface area contributed by atoms with Crippen LogP contribution in [0.2, 0.25) is 0 Å². The third-order valence-electron chi connectivity index (χ3n) is 7.74. The number of rotatable bonds is 7. The first-order valence-electron chi connectivity index (χ1n) is 14.7. The third-order valence-corrected chi connectivity index (χ3v) is 7.74. The number of carboxylic acid groups (broad SMARTS) is 1. The van der Waals surface area contributed by atoms with E-state index in [2.05, 4.69) is 6.58 Å². The quantitative estimate of drug-likeness (QED) is 0.302. The molecule has 45 heavy (non-hydrogen) atoms. The van der Waals surface area contributed by atoms with E-state index < -0.39 is 24.1 Å². The molecular weight excluding hydrogens is 578 g/mol. The SMILES string of the molecule is C=C1/C=C\C(=O)N(Cc2cccc(C(F)F)c2)C/C=C(C)\C([C@H](OC(C)(C)C)C(=O)O)=C/1c1ccc2c3c(ccnc13)CCO2. The van der Waals surface area contributed by atoms with E-state index in [9.17, 15) is 23.5 Å². The van der Waals surface area contributed by atoms with Gasteiger partial charge in [0.1, 0.15) is 5.75 Å². The average molecular weight is 615 g/mol. The van der Waals surface area contributed by atoms with Gasteiger partial charge in [0.2, 0.25) is 5.91 Å². The van der Waals surface area contributed by atoms with Gasteiger partial charge in [0.15, 0.2) is 6.10 Å². The highest BCUT2D eigenvalue weighted by Gasteiger charge is 2.34. The normalized spacial score (nSPS) is 20.1. The average Bonchev–Trinajstić information content (AvgIpc) is 2.99. The number of carbonyl (C=O) groups is 2. The minimum atomic E-state index is -2.64. The zero-order chi connectivity index (χ0) is 32.5. The summed E-state index contributed by atoms with van der Waals surface area (Å²) in [4.78, 5) is 32.6. The second-order valence-corrected chi connectivity index (χ2v) is 12.2. The minimum absolute atomic E-state index is 0.0749. The summed E-state index contributed by atoms with van der Waals surface area (Å²) in [5, 5.41) is 11.4. The van der Waals surface area contributed by atoms with E-state index in [0.717, 1.165) is 10.9 Å². The summed E-state index contributed by atoms with van der Waals surface area (Å²) in [6.45, 7) is 12.1. The highest BCUT2D eigenvalue weighted by Crippen LogP contribution is 2.41. The molecule has 1 N–H and O–H groups in total. The molecule has 2 aromatic carbocycles. The fourth-order valence-electron chi connectivity index (χ4n) is 5.71. The van der Waals surface area contributed by atoms with Crippen LogP contribution in [0.25, 0.3) is 16.5 Å². The summed E-state index contributed by atoms with van der Waals surface area (Å²) < 4.78 is 38.9. The van der Waals surface area contributed by atoms with Crippen LogP contribution in [-0.4, -0.2) is 51.7 Å². The maximum absolute atomic E-state index is 13.5. The summed E-state index contributed by atoms with van der Waals surface area (Å²) in [7, 11) is 0. The monoisotopic (exact) mass is 614 g/mol. The van der Waals surface area contributed by atoms with Crippen LogP contribution in [0.1, 0.15) is 56.4 Å². The van der Waals surface area contributed by atoms with Gasteiger partial charge in [-0.25, -0.2) is 13.6 Å². The van der Waals surface area contributed by atoms with Crippen LogP contribution in [0.15, 0.2) is 90.2 Å². The number of hydrogen-bond donors (Lipinski definition) is 1. The molecular formula is C36H36F2N2O5. The number of allylic oxidation sites excluding steroid dienone is 3. The molecule has 234 valence electrons. The van der Waals surface area contributed by atoms with Crippen LogP contribution in [0.5, 0.6) is 5.75 Å². The predicted molar refractivity (Wildman–Crippen MR) is 169 cm³/mol. The molecule has 3 heterocycles. The zero-order valence-electron chi connectivity index (χ0n) is 25.8. The van der Waals surface area contributed by atoms with Gasteiger partial charge in [-0.2, -0.15) is 0 Å². The smallest absolute Gasteiger partial charge is 0.337 e. The Morgan fingerprint density at radius 1 is 1.18 bits per heavy atom. The molecule has 9 heteroatoms. The van der Waals surface area contributed by atoms with Gasteiger partial charge in [0.05, 0.1) is 17.7 Å². The van der Waals surface area contributed by atoms with Crippen molar-refractivity contribution in [2.24, 2.45) is 0 Å². The number of nitrogens with zero attached hydrogens (tertiary/aromatic N) is 2. The van der Waals surface area contributed by atoms with Crippen LogP contribution in [0, 0.1) is 0 Å². The maximum atomic E-state index is 13.5. The molecule has 0 saturated carbocycles. The van der Waals surface area contributed by atoms with Crippen molar-refractivity contribution in [3.8, 4) is 5.75 Å². The van der Waals surface area contributed by atoms with Gasteiger partial charge >= 0.3 is 5.97 Å². The molecule has 0 fully saturated rings. The predicted octanol–water partition coefficient (Wildman–Crippen LogP) is 7.23. The largest absolute Gasteiger partial charge is 0.493 e. The summed E-state index contributed by atoms with van der Waals surface area (Å²) in [6, 6.07) is 11.6. The summed E-state index contributed by atoms with van der Waals surface area (Å²) in [6.07, 6.45) is 3.09. The van der Waals surface area contributed by atoms with Crippen molar-refractivity contribution in [2.45, 2.75) is 58.8 Å². The van der Waals surface area contributed by atoms with Gasteiger partial charge in [-0.15, -0.1) is 0 Å². The van der Waals surface area contributed by atoms with Gasteiger partial charge in [0, 0.05) is 53.9 Å². The molecule has 0 unspecified atom stereocenters. The second kappa shape index (κ2) is 12.8. The molecule has 7 nitrogen and oxygen atoms in total. The number of amides is 1. The fourth-order valence-corrected chi connectivity index (χ4v) is 5.71. The number of aromatic nitrogens is 1. The zero-order valence-corrected chi connectivity index (χ0v) is 25.8. The third kappa shape index (κ3) is 6.88. The Kier molecular flexibility index (Phi) is 9.02. The number of benzene rings is 2. The molecule has 0 aliphatic carbocycles. The first-order chi connectivity index (χ1) is 21.3. The Hall–Kier alpha value is -4.63. The molecule has 0 saturated heterocycles. The van der Waals surface area contributed by atoms with E-state index in [1.165, 1.54) is 29.2 Å². The van der Waals surface area contributed by atoms with Crippen molar-refractivity contribution in [1.82, 2.24) is 9.88 Å². The lowest BCUT2D eigenvalue weighted by Gasteiger charge is -2.30. The van der Waals surface area contributed by atoms with Crippen molar-refractivity contribution < 1.29 is 33.0 Å². The van der Waals surface area contributed by atoms with E-state index in [1.54, 1.807) is 52.1 Å². The number of pyridine rings is 1. The topological polar surface area (TPSA) is 89.0 Å². The molecule has 0 spiro atoms. The Morgan fingerprint density at radius 2 is 1.96 bits per heavy atom. The second-order valence-electron chi connectivity index (χ2n) is 12.2. The van der Waals surface area contributed by atoms with Gasteiger partial charge in [-0.1, -0.05) is 30.9 Å². The Labute approximate surface area is 261 Å². The molecule has 5 rings (SSSR count). The summed E-state index contributed by atoms with van der Waals surface area (Å²) in [5.74, 6) is -0.842. The molecule has 0 bridgehead atoms. The number of carboxylic acids is 1. The van der Waals surface area contributed by atoms with Crippen molar-refractivity contribution in [3.05, 3.63) is 112 Å². The van der Waals surface area contributed by atoms with Crippen LogP contribution >= 0.6 is 0 Å². The van der Waals surface area contributed by atoms with Gasteiger partial charge < -0.3 is 19.5 Å². The molecule has 3 aromatic rings. The lowest BCUT2D eigenvalue weighted by Crippen LogP contribution is -2.36. The number of ether oxygens (including phenoxy) is 2. The van der Waals surface area contributed by atoms with Crippen LogP contribution in [0.4, 0.5) is 8.78 Å². The Balaban J connectivity index is 1.71. The van der Waals surface area contributed by atoms with Crippen LogP contribution in [-0.2, 0) is 27.3 Å². The molecule has 2 aliphatic rings. The van der Waals surface area contributed by atoms with E-state index in [4.69, 9.17) is 14.5 Å². The van der Waals surface area contributed by atoms with Crippen molar-refractivity contribution in [3.63, 3.8) is 0 Å². The first kappa shape index (κ1) is 31.8. The Bertz CT molecular complexity index is 1760.